The summed E-state index contributed by atoms with van der Waals surface area (Å²) in [5, 5.41) is 10.6. The first-order chi connectivity index (χ1) is 9.11. The number of carbonyl (C=O) groups is 2. The number of carboxylic acid groups (broad SMARTS) is 1. The summed E-state index contributed by atoms with van der Waals surface area (Å²) in [6.07, 6.45) is 0.905. The minimum Gasteiger partial charge on any atom is -0.493 e. The third-order valence-corrected chi connectivity index (χ3v) is 2.09. The Kier molecular flexibility index (Phi) is 6.21. The van der Waals surface area contributed by atoms with Crippen LogP contribution in [0.3, 0.4) is 0 Å². The van der Waals surface area contributed by atoms with E-state index in [1.807, 2.05) is 6.92 Å². The van der Waals surface area contributed by atoms with Crippen molar-refractivity contribution in [3.05, 3.63) is 24.3 Å². The Labute approximate surface area is 111 Å². The first-order valence-electron chi connectivity index (χ1n) is 5.96. The van der Waals surface area contributed by atoms with Crippen LogP contribution in [0.2, 0.25) is 0 Å². The Hall–Kier alpha value is -2.24. The minimum atomic E-state index is -1.09. The number of hydrogen-bond acceptors (Lipinski definition) is 4. The molecule has 1 aromatic carbocycles. The van der Waals surface area contributed by atoms with E-state index in [-0.39, 0.29) is 6.61 Å². The van der Waals surface area contributed by atoms with Crippen LogP contribution >= 0.6 is 0 Å². The van der Waals surface area contributed by atoms with Gasteiger partial charge in [0.1, 0.15) is 18.0 Å². The van der Waals surface area contributed by atoms with Gasteiger partial charge in [0, 0.05) is 6.07 Å². The van der Waals surface area contributed by atoms with Crippen LogP contribution in [0.5, 0.6) is 11.5 Å². The van der Waals surface area contributed by atoms with E-state index < -0.39 is 18.4 Å². The monoisotopic (exact) mass is 267 g/mol. The predicted octanol–water partition coefficient (Wildman–Crippen LogP) is 1.05. The van der Waals surface area contributed by atoms with E-state index in [0.29, 0.717) is 18.1 Å². The average molecular weight is 267 g/mol. The molecule has 2 N–H and O–H groups in total. The molecule has 0 aromatic heterocycles. The number of aliphatic carboxylic acids is 1. The summed E-state index contributed by atoms with van der Waals surface area (Å²) in [5.74, 6) is -0.407. The SMILES string of the molecule is CCCOc1cccc(OCC(=O)NCC(=O)O)c1. The fraction of sp³-hybridized carbons (Fsp3) is 0.385. The van der Waals surface area contributed by atoms with Gasteiger partial charge in [0.15, 0.2) is 6.61 Å². The molecule has 0 aliphatic rings. The molecule has 1 aromatic rings. The quantitative estimate of drug-likeness (QED) is 0.735. The fourth-order valence-electron chi connectivity index (χ4n) is 1.25. The van der Waals surface area contributed by atoms with Crippen LogP contribution in [0.1, 0.15) is 13.3 Å². The van der Waals surface area contributed by atoms with Crippen LogP contribution in [0.4, 0.5) is 0 Å². The number of rotatable bonds is 8. The van der Waals surface area contributed by atoms with E-state index in [4.69, 9.17) is 14.6 Å². The third-order valence-electron chi connectivity index (χ3n) is 2.09. The highest BCUT2D eigenvalue weighted by Crippen LogP contribution is 2.19. The van der Waals surface area contributed by atoms with Crippen molar-refractivity contribution in [1.82, 2.24) is 5.32 Å². The minimum absolute atomic E-state index is 0.232. The maximum Gasteiger partial charge on any atom is 0.322 e. The lowest BCUT2D eigenvalue weighted by molar-refractivity contribution is -0.138. The maximum atomic E-state index is 11.2. The third kappa shape index (κ3) is 6.30. The van der Waals surface area contributed by atoms with Gasteiger partial charge in [-0.15, -0.1) is 0 Å². The number of ether oxygens (including phenoxy) is 2. The molecule has 0 radical (unpaired) electrons. The second-order valence-electron chi connectivity index (χ2n) is 3.78. The van der Waals surface area contributed by atoms with Crippen LogP contribution in [0, 0.1) is 0 Å². The van der Waals surface area contributed by atoms with Crippen LogP contribution in [0.25, 0.3) is 0 Å². The summed E-state index contributed by atoms with van der Waals surface area (Å²) in [4.78, 5) is 21.5. The van der Waals surface area contributed by atoms with E-state index in [2.05, 4.69) is 5.32 Å². The number of nitrogens with one attached hydrogen (secondary N) is 1. The van der Waals surface area contributed by atoms with E-state index in [1.165, 1.54) is 0 Å². The first-order valence-corrected chi connectivity index (χ1v) is 5.96. The van der Waals surface area contributed by atoms with E-state index in [9.17, 15) is 9.59 Å². The number of carbonyl (C=O) groups excluding carboxylic acids is 1. The van der Waals surface area contributed by atoms with Crippen molar-refractivity contribution in [3.63, 3.8) is 0 Å². The zero-order valence-corrected chi connectivity index (χ0v) is 10.7. The smallest absolute Gasteiger partial charge is 0.322 e. The molecule has 0 spiro atoms. The van der Waals surface area contributed by atoms with Gasteiger partial charge >= 0.3 is 5.97 Å². The zero-order valence-electron chi connectivity index (χ0n) is 10.7. The van der Waals surface area contributed by atoms with Crippen molar-refractivity contribution in [2.45, 2.75) is 13.3 Å². The summed E-state index contributed by atoms with van der Waals surface area (Å²) in [6.45, 7) is 1.97. The lowest BCUT2D eigenvalue weighted by Crippen LogP contribution is -2.33. The average Bonchev–Trinajstić information content (AvgIpc) is 2.41. The predicted molar refractivity (Wildman–Crippen MR) is 68.4 cm³/mol. The van der Waals surface area contributed by atoms with Gasteiger partial charge in [0.05, 0.1) is 6.61 Å². The molecule has 1 rings (SSSR count). The highest BCUT2D eigenvalue weighted by Gasteiger charge is 2.05. The molecule has 1 amide bonds. The zero-order chi connectivity index (χ0) is 14.1. The lowest BCUT2D eigenvalue weighted by Gasteiger charge is -2.08. The summed E-state index contributed by atoms with van der Waals surface area (Å²) in [7, 11) is 0. The molecule has 0 fully saturated rings. The van der Waals surface area contributed by atoms with Crippen molar-refractivity contribution < 1.29 is 24.2 Å². The van der Waals surface area contributed by atoms with Crippen molar-refractivity contribution in [2.75, 3.05) is 19.8 Å². The molecule has 0 saturated carbocycles. The van der Waals surface area contributed by atoms with Crippen LogP contribution in [0.15, 0.2) is 24.3 Å². The molecular formula is C13H17NO5. The molecule has 104 valence electrons. The summed E-state index contributed by atoms with van der Waals surface area (Å²) >= 11 is 0. The number of hydrogen-bond donors (Lipinski definition) is 2. The van der Waals surface area contributed by atoms with Crippen molar-refractivity contribution in [2.24, 2.45) is 0 Å². The molecule has 0 aliphatic carbocycles. The molecular weight excluding hydrogens is 250 g/mol. The normalized spacial score (nSPS) is 9.74. The highest BCUT2D eigenvalue weighted by molar-refractivity contribution is 5.82. The highest BCUT2D eigenvalue weighted by atomic mass is 16.5. The van der Waals surface area contributed by atoms with E-state index in [0.717, 1.165) is 6.42 Å². The molecule has 0 heterocycles. The van der Waals surface area contributed by atoms with Gasteiger partial charge in [-0.2, -0.15) is 0 Å². The van der Waals surface area contributed by atoms with Crippen molar-refractivity contribution >= 4 is 11.9 Å². The van der Waals surface area contributed by atoms with Gasteiger partial charge in [0.2, 0.25) is 0 Å². The van der Waals surface area contributed by atoms with Gasteiger partial charge in [-0.25, -0.2) is 0 Å². The Morgan fingerprint density at radius 3 is 2.58 bits per heavy atom. The lowest BCUT2D eigenvalue weighted by atomic mass is 10.3. The molecule has 6 nitrogen and oxygen atoms in total. The number of benzene rings is 1. The molecule has 0 bridgehead atoms. The fourth-order valence-corrected chi connectivity index (χ4v) is 1.25. The first kappa shape index (κ1) is 14.8. The molecule has 0 aliphatic heterocycles. The van der Waals surface area contributed by atoms with Gasteiger partial charge in [-0.3, -0.25) is 9.59 Å². The Balaban J connectivity index is 2.39. The van der Waals surface area contributed by atoms with Crippen molar-refractivity contribution in [1.29, 1.82) is 0 Å². The van der Waals surface area contributed by atoms with Crippen molar-refractivity contribution in [3.8, 4) is 11.5 Å². The standard InChI is InChI=1S/C13H17NO5/c1-2-6-18-10-4-3-5-11(7-10)19-9-12(15)14-8-13(16)17/h3-5,7H,2,6,8-9H2,1H3,(H,14,15)(H,16,17). The van der Waals surface area contributed by atoms with Gasteiger partial charge in [-0.05, 0) is 18.6 Å². The number of amides is 1. The van der Waals surface area contributed by atoms with Crippen LogP contribution < -0.4 is 14.8 Å². The van der Waals surface area contributed by atoms with E-state index in [1.54, 1.807) is 24.3 Å². The van der Waals surface area contributed by atoms with Crippen LogP contribution in [-0.2, 0) is 9.59 Å². The maximum absolute atomic E-state index is 11.2. The molecule has 0 saturated heterocycles. The van der Waals surface area contributed by atoms with E-state index >= 15 is 0 Å². The van der Waals surface area contributed by atoms with Gasteiger partial charge in [0.25, 0.3) is 5.91 Å². The van der Waals surface area contributed by atoms with Gasteiger partial charge < -0.3 is 19.9 Å². The Morgan fingerprint density at radius 2 is 1.95 bits per heavy atom. The van der Waals surface area contributed by atoms with Gasteiger partial charge in [-0.1, -0.05) is 13.0 Å². The largest absolute Gasteiger partial charge is 0.493 e. The molecule has 19 heavy (non-hydrogen) atoms. The summed E-state index contributed by atoms with van der Waals surface area (Å²) in [6, 6.07) is 6.94. The Morgan fingerprint density at radius 1 is 1.26 bits per heavy atom. The Bertz CT molecular complexity index is 433. The molecule has 0 unspecified atom stereocenters. The molecule has 6 heteroatoms. The topological polar surface area (TPSA) is 84.9 Å². The second kappa shape index (κ2) is 7.97. The summed E-state index contributed by atoms with van der Waals surface area (Å²) < 4.78 is 10.7. The summed E-state index contributed by atoms with van der Waals surface area (Å²) in [5.41, 5.74) is 0. The second-order valence-corrected chi connectivity index (χ2v) is 3.78. The van der Waals surface area contributed by atoms with Crippen LogP contribution in [-0.4, -0.2) is 36.7 Å². The number of carboxylic acids is 1. The molecule has 0 atom stereocenters.